The fourth-order valence-electron chi connectivity index (χ4n) is 5.77. The molecule has 2 nitrogen and oxygen atoms in total. The van der Waals surface area contributed by atoms with Gasteiger partial charge in [-0.25, -0.2) is 0 Å². The number of benzene rings is 1. The molecule has 0 radical (unpaired) electrons. The fraction of sp³-hybridized carbons (Fsp3) is 0.760. The lowest BCUT2D eigenvalue weighted by Gasteiger charge is -2.33. The Morgan fingerprint density at radius 1 is 0.630 bits per heavy atom. The van der Waals surface area contributed by atoms with Gasteiger partial charge in [-0.15, -0.1) is 0 Å². The summed E-state index contributed by atoms with van der Waals surface area (Å²) in [5.41, 5.74) is 5.15. The van der Waals surface area contributed by atoms with Crippen LogP contribution in [0.2, 0.25) is 0 Å². The highest BCUT2D eigenvalue weighted by Gasteiger charge is 2.27. The molecule has 1 aromatic carbocycles. The Morgan fingerprint density at radius 3 is 1.63 bits per heavy atom. The van der Waals surface area contributed by atoms with Crippen molar-refractivity contribution < 1.29 is 9.47 Å². The van der Waals surface area contributed by atoms with Crippen molar-refractivity contribution in [1.29, 1.82) is 0 Å². The zero-order valence-corrected chi connectivity index (χ0v) is 18.3. The molecule has 27 heavy (non-hydrogen) atoms. The monoisotopic (exact) mass is 372 g/mol. The normalized spacial score (nSPS) is 24.0. The van der Waals surface area contributed by atoms with Crippen molar-refractivity contribution in [2.24, 2.45) is 17.8 Å². The molecule has 0 aromatic heterocycles. The van der Waals surface area contributed by atoms with Crippen LogP contribution >= 0.6 is 0 Å². The lowest BCUT2D eigenvalue weighted by Crippen LogP contribution is -2.20. The van der Waals surface area contributed by atoms with E-state index in [4.69, 9.17) is 9.47 Å². The number of rotatable bonds is 6. The van der Waals surface area contributed by atoms with E-state index in [1.807, 2.05) is 0 Å². The van der Waals surface area contributed by atoms with Gasteiger partial charge in [-0.2, -0.15) is 0 Å². The molecule has 0 heterocycles. The SMILES string of the molecule is COc1c(C)c(C)c(C)c(OC)c1CC1CCC(CC2CCCCC2)CC1. The first-order valence-corrected chi connectivity index (χ1v) is 11.3. The van der Waals surface area contributed by atoms with Crippen LogP contribution in [0.25, 0.3) is 0 Å². The van der Waals surface area contributed by atoms with E-state index in [1.54, 1.807) is 14.2 Å². The summed E-state index contributed by atoms with van der Waals surface area (Å²) in [6.45, 7) is 6.55. The molecule has 2 aliphatic rings. The Bertz CT molecular complexity index is 589. The van der Waals surface area contributed by atoms with Gasteiger partial charge in [0.05, 0.1) is 14.2 Å². The molecule has 0 bridgehead atoms. The molecule has 0 saturated heterocycles. The minimum absolute atomic E-state index is 0.775. The Morgan fingerprint density at radius 2 is 1.11 bits per heavy atom. The first kappa shape index (κ1) is 20.6. The first-order valence-electron chi connectivity index (χ1n) is 11.3. The highest BCUT2D eigenvalue weighted by molar-refractivity contribution is 5.58. The molecule has 0 amide bonds. The largest absolute Gasteiger partial charge is 0.496 e. The predicted octanol–water partition coefficient (Wildman–Crippen LogP) is 6.95. The molecule has 3 rings (SSSR count). The van der Waals surface area contributed by atoms with Crippen LogP contribution < -0.4 is 9.47 Å². The second kappa shape index (κ2) is 9.34. The number of ether oxygens (including phenoxy) is 2. The van der Waals surface area contributed by atoms with Crippen LogP contribution in [0.3, 0.4) is 0 Å². The highest BCUT2D eigenvalue weighted by Crippen LogP contribution is 2.43. The minimum Gasteiger partial charge on any atom is -0.496 e. The van der Waals surface area contributed by atoms with Crippen LogP contribution in [0.4, 0.5) is 0 Å². The van der Waals surface area contributed by atoms with Crippen LogP contribution in [-0.2, 0) is 6.42 Å². The molecule has 0 aliphatic heterocycles. The number of methoxy groups -OCH3 is 2. The first-order chi connectivity index (χ1) is 13.0. The van der Waals surface area contributed by atoms with E-state index in [9.17, 15) is 0 Å². The van der Waals surface area contributed by atoms with E-state index in [0.717, 1.165) is 35.7 Å². The van der Waals surface area contributed by atoms with Gasteiger partial charge in [-0.1, -0.05) is 44.9 Å². The second-order valence-electron chi connectivity index (χ2n) is 9.25. The van der Waals surface area contributed by atoms with Crippen molar-refractivity contribution in [1.82, 2.24) is 0 Å². The van der Waals surface area contributed by atoms with Crippen molar-refractivity contribution in [3.05, 3.63) is 22.3 Å². The van der Waals surface area contributed by atoms with Crippen LogP contribution in [0.1, 0.15) is 86.5 Å². The Hall–Kier alpha value is -1.18. The summed E-state index contributed by atoms with van der Waals surface area (Å²) < 4.78 is 11.7. The quantitative estimate of drug-likeness (QED) is 0.538. The summed E-state index contributed by atoms with van der Waals surface area (Å²) in [6, 6.07) is 0. The van der Waals surface area contributed by atoms with E-state index >= 15 is 0 Å². The summed E-state index contributed by atoms with van der Waals surface area (Å²) in [4.78, 5) is 0. The maximum atomic E-state index is 5.84. The van der Waals surface area contributed by atoms with Crippen molar-refractivity contribution in [3.63, 3.8) is 0 Å². The summed E-state index contributed by atoms with van der Waals surface area (Å²) in [7, 11) is 3.61. The maximum absolute atomic E-state index is 5.84. The van der Waals surface area contributed by atoms with E-state index in [1.165, 1.54) is 86.5 Å². The Balaban J connectivity index is 1.64. The fourth-order valence-corrected chi connectivity index (χ4v) is 5.77. The van der Waals surface area contributed by atoms with Gasteiger partial charge in [0, 0.05) is 5.56 Å². The van der Waals surface area contributed by atoms with Crippen LogP contribution in [-0.4, -0.2) is 14.2 Å². The van der Waals surface area contributed by atoms with E-state index in [-0.39, 0.29) is 0 Å². The Kier molecular flexibility index (Phi) is 7.11. The van der Waals surface area contributed by atoms with Gasteiger partial charge < -0.3 is 9.47 Å². The molecule has 0 unspecified atom stereocenters. The topological polar surface area (TPSA) is 18.5 Å². The third-order valence-corrected chi connectivity index (χ3v) is 7.61. The summed E-state index contributed by atoms with van der Waals surface area (Å²) in [5.74, 6) is 4.90. The molecular formula is C25H40O2. The van der Waals surface area contributed by atoms with E-state index < -0.39 is 0 Å². The van der Waals surface area contributed by atoms with E-state index in [2.05, 4.69) is 20.8 Å². The third-order valence-electron chi connectivity index (χ3n) is 7.61. The summed E-state index contributed by atoms with van der Waals surface area (Å²) >= 11 is 0. The number of hydrogen-bond donors (Lipinski definition) is 0. The molecule has 152 valence electrons. The molecule has 0 N–H and O–H groups in total. The Labute approximate surface area is 167 Å². The van der Waals surface area contributed by atoms with Crippen LogP contribution in [0, 0.1) is 38.5 Å². The van der Waals surface area contributed by atoms with Crippen molar-refractivity contribution >= 4 is 0 Å². The molecule has 2 fully saturated rings. The molecule has 0 spiro atoms. The molecule has 1 aromatic rings. The summed E-state index contributed by atoms with van der Waals surface area (Å²) in [6.07, 6.45) is 15.6. The predicted molar refractivity (Wildman–Crippen MR) is 114 cm³/mol. The number of hydrogen-bond acceptors (Lipinski definition) is 2. The van der Waals surface area contributed by atoms with Crippen LogP contribution in [0.5, 0.6) is 11.5 Å². The van der Waals surface area contributed by atoms with Crippen LogP contribution in [0.15, 0.2) is 0 Å². The van der Waals surface area contributed by atoms with Gasteiger partial charge in [0.2, 0.25) is 0 Å². The van der Waals surface area contributed by atoms with Gasteiger partial charge in [0.15, 0.2) is 0 Å². The van der Waals surface area contributed by atoms with Crippen molar-refractivity contribution in [2.75, 3.05) is 14.2 Å². The van der Waals surface area contributed by atoms with Crippen molar-refractivity contribution in [3.8, 4) is 11.5 Å². The summed E-state index contributed by atoms with van der Waals surface area (Å²) in [5, 5.41) is 0. The molecule has 0 atom stereocenters. The van der Waals surface area contributed by atoms with Gasteiger partial charge in [0.25, 0.3) is 0 Å². The lowest BCUT2D eigenvalue weighted by molar-refractivity contribution is 0.210. The zero-order chi connectivity index (χ0) is 19.4. The second-order valence-corrected chi connectivity index (χ2v) is 9.25. The van der Waals surface area contributed by atoms with Gasteiger partial charge >= 0.3 is 0 Å². The van der Waals surface area contributed by atoms with Gasteiger partial charge in [-0.05, 0) is 80.9 Å². The minimum atomic E-state index is 0.775. The maximum Gasteiger partial charge on any atom is 0.128 e. The van der Waals surface area contributed by atoms with Crippen molar-refractivity contribution in [2.45, 2.75) is 91.4 Å². The smallest absolute Gasteiger partial charge is 0.128 e. The average molecular weight is 373 g/mol. The van der Waals surface area contributed by atoms with E-state index in [0.29, 0.717) is 0 Å². The molecular weight excluding hydrogens is 332 g/mol. The molecule has 2 aliphatic carbocycles. The van der Waals surface area contributed by atoms with Gasteiger partial charge in [0.1, 0.15) is 11.5 Å². The van der Waals surface area contributed by atoms with Gasteiger partial charge in [-0.3, -0.25) is 0 Å². The third kappa shape index (κ3) is 4.63. The average Bonchev–Trinajstić information content (AvgIpc) is 2.69. The molecule has 2 heteroatoms. The zero-order valence-electron chi connectivity index (χ0n) is 18.3. The molecule has 2 saturated carbocycles. The lowest BCUT2D eigenvalue weighted by atomic mass is 9.73. The standard InChI is InChI=1S/C25H40O2/c1-17-18(2)24(26-4)23(25(27-5)19(17)3)16-22-13-11-21(12-14-22)15-20-9-7-6-8-10-20/h20-22H,6-16H2,1-5H3. The highest BCUT2D eigenvalue weighted by atomic mass is 16.5.